The van der Waals surface area contributed by atoms with Crippen LogP contribution in [0.15, 0.2) is 24.3 Å². The second kappa shape index (κ2) is 16.9. The number of ether oxygens (including phenoxy) is 6. The van der Waals surface area contributed by atoms with Crippen LogP contribution in [-0.2, 0) is 38.0 Å². The normalized spacial score (nSPS) is 47.9. The van der Waals surface area contributed by atoms with Gasteiger partial charge < -0.3 is 43.7 Å². The third-order valence-corrected chi connectivity index (χ3v) is 13.9. The Morgan fingerprint density at radius 3 is 2.23 bits per heavy atom. The van der Waals surface area contributed by atoms with Gasteiger partial charge in [-0.05, 0) is 86.2 Å². The molecule has 18 atom stereocenters. The van der Waals surface area contributed by atoms with Crippen molar-refractivity contribution in [2.24, 2.45) is 23.7 Å². The molecule has 7 heterocycles. The quantitative estimate of drug-likeness (QED) is 0.350. The summed E-state index contributed by atoms with van der Waals surface area (Å²) in [6, 6.07) is 0. The van der Waals surface area contributed by atoms with Gasteiger partial charge in [0.1, 0.15) is 29.9 Å². The van der Waals surface area contributed by atoms with Crippen LogP contribution in [0.2, 0.25) is 0 Å². The van der Waals surface area contributed by atoms with Crippen molar-refractivity contribution in [3.63, 3.8) is 0 Å². The molecule has 0 aromatic heterocycles. The molecule has 0 aromatic carbocycles. The van der Waals surface area contributed by atoms with Gasteiger partial charge in [-0.1, -0.05) is 33.9 Å². The number of carbonyl (C=O) groups is 2. The fourth-order valence-corrected chi connectivity index (χ4v) is 10.6. The Morgan fingerprint density at radius 1 is 0.698 bits per heavy atom. The summed E-state index contributed by atoms with van der Waals surface area (Å²) in [7, 11) is 0. The van der Waals surface area contributed by atoms with Crippen molar-refractivity contribution in [3.8, 4) is 0 Å². The standard InChI is InChI=1S/C42H64O11/c1-21-12-30-8-10-33-22(2)13-29(48-33)7-6-26(44)17-35-23(3)14-39-42(53-35)40(47)41-34(51-39)11-9-31(50-41)15-27(45)16-32-25(5)36(18-28(46)20-43)52-38(32)19-37(49-30)24(21)4/h21,23,25,28-43,46-47H,2,4,6-20H2,1,3,5H3/t21-,23-,25-,28?,29+,30+,31?,32-,33+,34+,35+,36?,37?,38+,39+,40+,41+,42-/m1/s1. The SMILES string of the molecule is C=C1C2C[C@@H]3OC(CC(O)CO)[C@H](C)[C@H]3CC(=O)CC3CC[C@@H]4O[C@H]5C[C@@H](C)[C@H](CC(=O)CC[C@H]6CC(=C)[C@H](CC[C@@H](C[C@H]1C)O2)O6)O[C@H]5[C@@H](O)[C@H]4O3. The number of ketones is 2. The molecule has 7 aliphatic heterocycles. The van der Waals surface area contributed by atoms with Crippen LogP contribution in [0.5, 0.6) is 0 Å². The van der Waals surface area contributed by atoms with E-state index in [1.165, 1.54) is 0 Å². The van der Waals surface area contributed by atoms with Gasteiger partial charge in [-0.3, -0.25) is 9.59 Å². The molecule has 7 saturated heterocycles. The maximum atomic E-state index is 13.9. The topological polar surface area (TPSA) is 150 Å². The molecular formula is C42H64O11. The third-order valence-electron chi connectivity index (χ3n) is 13.9. The van der Waals surface area contributed by atoms with Crippen LogP contribution in [-0.4, -0.2) is 119 Å². The summed E-state index contributed by atoms with van der Waals surface area (Å²) in [6.07, 6.45) is 2.80. The van der Waals surface area contributed by atoms with Crippen molar-refractivity contribution in [1.29, 1.82) is 0 Å². The molecule has 0 aliphatic carbocycles. The van der Waals surface area contributed by atoms with Crippen molar-refractivity contribution in [2.75, 3.05) is 6.61 Å². The van der Waals surface area contributed by atoms with Gasteiger partial charge in [-0.25, -0.2) is 0 Å². The van der Waals surface area contributed by atoms with E-state index in [1.54, 1.807) is 0 Å². The molecule has 7 aliphatic rings. The van der Waals surface area contributed by atoms with Crippen LogP contribution in [0.3, 0.4) is 0 Å². The number of fused-ring (bicyclic) bond motifs is 7. The zero-order valence-corrected chi connectivity index (χ0v) is 32.0. The monoisotopic (exact) mass is 744 g/mol. The van der Waals surface area contributed by atoms with E-state index < -0.39 is 24.4 Å². The Hall–Kier alpha value is -1.54. The summed E-state index contributed by atoms with van der Waals surface area (Å²) in [5, 5.41) is 31.6. The van der Waals surface area contributed by atoms with E-state index in [-0.39, 0.29) is 116 Å². The summed E-state index contributed by atoms with van der Waals surface area (Å²) >= 11 is 0. The molecular weight excluding hydrogens is 680 g/mol. The number of hydrogen-bond acceptors (Lipinski definition) is 11. The Balaban J connectivity index is 1.10. The highest BCUT2D eigenvalue weighted by Gasteiger charge is 2.53. The smallest absolute Gasteiger partial charge is 0.135 e. The molecule has 11 heteroatoms. The Labute approximate surface area is 315 Å². The maximum Gasteiger partial charge on any atom is 0.135 e. The minimum Gasteiger partial charge on any atom is -0.394 e. The van der Waals surface area contributed by atoms with Gasteiger partial charge in [0.2, 0.25) is 0 Å². The van der Waals surface area contributed by atoms with E-state index in [0.29, 0.717) is 51.4 Å². The lowest BCUT2D eigenvalue weighted by Crippen LogP contribution is -2.64. The molecule has 298 valence electrons. The summed E-state index contributed by atoms with van der Waals surface area (Å²) in [5.41, 5.74) is 2.10. The van der Waals surface area contributed by atoms with Gasteiger partial charge in [0.15, 0.2) is 0 Å². The van der Waals surface area contributed by atoms with Gasteiger partial charge in [-0.15, -0.1) is 0 Å². The Morgan fingerprint density at radius 2 is 1.43 bits per heavy atom. The highest BCUT2D eigenvalue weighted by atomic mass is 16.6. The molecule has 7 rings (SSSR count). The van der Waals surface area contributed by atoms with E-state index in [9.17, 15) is 24.9 Å². The van der Waals surface area contributed by atoms with E-state index in [4.69, 9.17) is 28.4 Å². The fourth-order valence-electron chi connectivity index (χ4n) is 10.6. The van der Waals surface area contributed by atoms with Crippen LogP contribution in [0.4, 0.5) is 0 Å². The lowest BCUT2D eigenvalue weighted by atomic mass is 9.78. The summed E-state index contributed by atoms with van der Waals surface area (Å²) < 4.78 is 39.3. The molecule has 4 unspecified atom stereocenters. The molecule has 3 N–H and O–H groups in total. The summed E-state index contributed by atoms with van der Waals surface area (Å²) in [6.45, 7) is 14.8. The van der Waals surface area contributed by atoms with Crippen molar-refractivity contribution >= 4 is 11.6 Å². The van der Waals surface area contributed by atoms with Crippen LogP contribution in [0.25, 0.3) is 0 Å². The minimum absolute atomic E-state index is 0.0148. The van der Waals surface area contributed by atoms with E-state index >= 15 is 0 Å². The molecule has 0 aromatic rings. The van der Waals surface area contributed by atoms with E-state index in [1.807, 2.05) is 0 Å². The number of hydrogen-bond donors (Lipinski definition) is 3. The fraction of sp³-hybridized carbons (Fsp3) is 0.857. The van der Waals surface area contributed by atoms with Crippen LogP contribution < -0.4 is 0 Å². The number of Topliss-reactive ketones (excluding diaryl/α,β-unsaturated/α-hetero) is 2. The van der Waals surface area contributed by atoms with Crippen molar-refractivity contribution < 1.29 is 53.3 Å². The average Bonchev–Trinajstić information content (AvgIpc) is 3.62. The first-order chi connectivity index (χ1) is 25.4. The van der Waals surface area contributed by atoms with Gasteiger partial charge >= 0.3 is 0 Å². The highest BCUT2D eigenvalue weighted by Crippen LogP contribution is 2.44. The first kappa shape index (κ1) is 39.7. The first-order valence-electron chi connectivity index (χ1n) is 20.7. The molecule has 11 nitrogen and oxygen atoms in total. The highest BCUT2D eigenvalue weighted by molar-refractivity contribution is 5.79. The summed E-state index contributed by atoms with van der Waals surface area (Å²) in [5.74, 6) is 0.436. The van der Waals surface area contributed by atoms with Gasteiger partial charge in [0.25, 0.3) is 0 Å². The molecule has 0 radical (unpaired) electrons. The van der Waals surface area contributed by atoms with Crippen LogP contribution >= 0.6 is 0 Å². The number of carbonyl (C=O) groups excluding carboxylic acids is 2. The number of aliphatic hydroxyl groups excluding tert-OH is 3. The second-order valence-electron chi connectivity index (χ2n) is 17.8. The van der Waals surface area contributed by atoms with Gasteiger partial charge in [0.05, 0.1) is 73.8 Å². The lowest BCUT2D eigenvalue weighted by Gasteiger charge is -2.52. The Kier molecular flexibility index (Phi) is 12.7. The largest absolute Gasteiger partial charge is 0.394 e. The zero-order valence-electron chi connectivity index (χ0n) is 32.0. The molecule has 0 amide bonds. The predicted molar refractivity (Wildman–Crippen MR) is 195 cm³/mol. The van der Waals surface area contributed by atoms with Gasteiger partial charge in [0, 0.05) is 38.5 Å². The van der Waals surface area contributed by atoms with Gasteiger partial charge in [-0.2, -0.15) is 0 Å². The molecule has 7 fully saturated rings. The van der Waals surface area contributed by atoms with E-state index in [0.717, 1.165) is 36.8 Å². The third kappa shape index (κ3) is 8.89. The molecule has 0 spiro atoms. The zero-order chi connectivity index (χ0) is 37.6. The molecule has 0 saturated carbocycles. The molecule has 53 heavy (non-hydrogen) atoms. The van der Waals surface area contributed by atoms with Crippen molar-refractivity contribution in [1.82, 2.24) is 0 Å². The van der Waals surface area contributed by atoms with Crippen LogP contribution in [0, 0.1) is 23.7 Å². The molecule has 8 bridgehead atoms. The summed E-state index contributed by atoms with van der Waals surface area (Å²) in [4.78, 5) is 27.2. The first-order valence-corrected chi connectivity index (χ1v) is 20.7. The average molecular weight is 745 g/mol. The number of aliphatic hydroxyl groups is 3. The van der Waals surface area contributed by atoms with Crippen molar-refractivity contribution in [2.45, 2.75) is 196 Å². The Bertz CT molecular complexity index is 1340. The van der Waals surface area contributed by atoms with E-state index in [2.05, 4.69) is 33.9 Å². The predicted octanol–water partition coefficient (Wildman–Crippen LogP) is 4.56. The van der Waals surface area contributed by atoms with Crippen LogP contribution in [0.1, 0.15) is 111 Å². The lowest BCUT2D eigenvalue weighted by molar-refractivity contribution is -0.298. The maximum absolute atomic E-state index is 13.9. The number of rotatable bonds is 3. The second-order valence-corrected chi connectivity index (χ2v) is 17.8. The van der Waals surface area contributed by atoms with Crippen molar-refractivity contribution in [3.05, 3.63) is 24.3 Å². The minimum atomic E-state index is -0.924.